The Kier molecular flexibility index (Phi) is 4.96. The van der Waals surface area contributed by atoms with Gasteiger partial charge in [0.15, 0.2) is 0 Å². The second-order valence-electron chi connectivity index (χ2n) is 6.16. The monoisotopic (exact) mass is 298 g/mol. The molecule has 2 N–H and O–H groups in total. The molecule has 0 saturated carbocycles. The zero-order chi connectivity index (χ0) is 15.4. The maximum Gasteiger partial charge on any atom is 0.121 e. The second kappa shape index (κ2) is 7.12. The van der Waals surface area contributed by atoms with Crippen molar-refractivity contribution in [2.45, 2.75) is 32.2 Å². The number of hydrogen-bond acceptors (Lipinski definition) is 3. The minimum Gasteiger partial charge on any atom is -0.508 e. The van der Waals surface area contributed by atoms with E-state index >= 15 is 0 Å². The Morgan fingerprint density at radius 3 is 2.68 bits per heavy atom. The SMILES string of the molecule is CCCC[C@H](c1c(O)ccc2ccccc12)N1CCNCC1. The predicted molar refractivity (Wildman–Crippen MR) is 92.3 cm³/mol. The van der Waals surface area contributed by atoms with Crippen molar-refractivity contribution in [1.82, 2.24) is 10.2 Å². The molecule has 1 aliphatic heterocycles. The molecule has 2 aromatic rings. The van der Waals surface area contributed by atoms with Crippen LogP contribution in [0.3, 0.4) is 0 Å². The first-order valence-corrected chi connectivity index (χ1v) is 8.46. The lowest BCUT2D eigenvalue weighted by Crippen LogP contribution is -2.45. The number of hydrogen-bond donors (Lipinski definition) is 2. The van der Waals surface area contributed by atoms with E-state index in [-0.39, 0.29) is 0 Å². The molecule has 1 saturated heterocycles. The summed E-state index contributed by atoms with van der Waals surface area (Å²) in [5.74, 6) is 0.443. The average Bonchev–Trinajstić information content (AvgIpc) is 2.58. The number of rotatable bonds is 5. The summed E-state index contributed by atoms with van der Waals surface area (Å²) in [5.41, 5.74) is 1.12. The number of piperazine rings is 1. The highest BCUT2D eigenvalue weighted by Crippen LogP contribution is 2.38. The summed E-state index contributed by atoms with van der Waals surface area (Å²) in [6.45, 7) is 6.41. The molecule has 0 aromatic heterocycles. The van der Waals surface area contributed by atoms with E-state index in [1.54, 1.807) is 0 Å². The van der Waals surface area contributed by atoms with Crippen LogP contribution in [0.25, 0.3) is 10.8 Å². The Labute approximate surface area is 132 Å². The molecule has 3 heteroatoms. The van der Waals surface area contributed by atoms with Gasteiger partial charge in [-0.2, -0.15) is 0 Å². The summed E-state index contributed by atoms with van der Waals surface area (Å²) < 4.78 is 0. The van der Waals surface area contributed by atoms with E-state index in [0.29, 0.717) is 11.8 Å². The number of phenolic OH excluding ortho intramolecular Hbond substituents is 1. The first-order chi connectivity index (χ1) is 10.8. The van der Waals surface area contributed by atoms with E-state index in [1.807, 2.05) is 12.1 Å². The van der Waals surface area contributed by atoms with Crippen molar-refractivity contribution in [3.05, 3.63) is 42.0 Å². The lowest BCUT2D eigenvalue weighted by atomic mass is 9.92. The molecular weight excluding hydrogens is 272 g/mol. The van der Waals surface area contributed by atoms with Crippen LogP contribution in [0.5, 0.6) is 5.75 Å². The molecule has 0 bridgehead atoms. The Bertz CT molecular complexity index is 620. The van der Waals surface area contributed by atoms with Crippen molar-refractivity contribution < 1.29 is 5.11 Å². The molecule has 3 nitrogen and oxygen atoms in total. The molecule has 0 spiro atoms. The van der Waals surface area contributed by atoms with Crippen LogP contribution in [0.2, 0.25) is 0 Å². The van der Waals surface area contributed by atoms with Crippen LogP contribution >= 0.6 is 0 Å². The largest absolute Gasteiger partial charge is 0.508 e. The lowest BCUT2D eigenvalue weighted by molar-refractivity contribution is 0.162. The third-order valence-corrected chi connectivity index (χ3v) is 4.70. The van der Waals surface area contributed by atoms with Gasteiger partial charge in [-0.1, -0.05) is 50.1 Å². The van der Waals surface area contributed by atoms with Crippen LogP contribution in [0.4, 0.5) is 0 Å². The zero-order valence-corrected chi connectivity index (χ0v) is 13.4. The number of nitrogens with zero attached hydrogens (tertiary/aromatic N) is 1. The molecule has 0 unspecified atom stereocenters. The molecule has 2 aromatic carbocycles. The lowest BCUT2D eigenvalue weighted by Gasteiger charge is -2.36. The van der Waals surface area contributed by atoms with Crippen LogP contribution < -0.4 is 5.32 Å². The number of fused-ring (bicyclic) bond motifs is 1. The van der Waals surface area contributed by atoms with Gasteiger partial charge in [-0.3, -0.25) is 4.90 Å². The van der Waals surface area contributed by atoms with Gasteiger partial charge < -0.3 is 10.4 Å². The van der Waals surface area contributed by atoms with E-state index in [9.17, 15) is 5.11 Å². The van der Waals surface area contributed by atoms with Gasteiger partial charge in [0.2, 0.25) is 0 Å². The summed E-state index contributed by atoms with van der Waals surface area (Å²) in [6, 6.07) is 12.6. The third-order valence-electron chi connectivity index (χ3n) is 4.70. The molecule has 1 fully saturated rings. The van der Waals surface area contributed by atoms with Crippen LogP contribution in [0.15, 0.2) is 36.4 Å². The average molecular weight is 298 g/mol. The second-order valence-corrected chi connectivity index (χ2v) is 6.16. The highest BCUT2D eigenvalue weighted by Gasteiger charge is 2.25. The van der Waals surface area contributed by atoms with E-state index in [4.69, 9.17) is 0 Å². The number of benzene rings is 2. The van der Waals surface area contributed by atoms with E-state index < -0.39 is 0 Å². The Morgan fingerprint density at radius 1 is 1.14 bits per heavy atom. The Morgan fingerprint density at radius 2 is 1.91 bits per heavy atom. The van der Waals surface area contributed by atoms with Gasteiger partial charge in [-0.15, -0.1) is 0 Å². The first kappa shape index (κ1) is 15.3. The van der Waals surface area contributed by atoms with Crippen LogP contribution in [0.1, 0.15) is 37.8 Å². The molecule has 22 heavy (non-hydrogen) atoms. The fourth-order valence-electron chi connectivity index (χ4n) is 3.54. The molecule has 1 heterocycles. The highest BCUT2D eigenvalue weighted by molar-refractivity contribution is 5.88. The maximum atomic E-state index is 10.6. The van der Waals surface area contributed by atoms with Gasteiger partial charge in [-0.25, -0.2) is 0 Å². The summed E-state index contributed by atoms with van der Waals surface area (Å²) in [4.78, 5) is 2.54. The molecule has 3 rings (SSSR count). The van der Waals surface area contributed by atoms with Crippen molar-refractivity contribution in [1.29, 1.82) is 0 Å². The van der Waals surface area contributed by atoms with Gasteiger partial charge >= 0.3 is 0 Å². The van der Waals surface area contributed by atoms with Gasteiger partial charge in [0, 0.05) is 37.8 Å². The van der Waals surface area contributed by atoms with E-state index in [1.165, 1.54) is 23.6 Å². The number of nitrogens with one attached hydrogen (secondary N) is 1. The summed E-state index contributed by atoms with van der Waals surface area (Å²) in [5, 5.41) is 16.4. The van der Waals surface area contributed by atoms with Crippen LogP contribution in [-0.2, 0) is 0 Å². The summed E-state index contributed by atoms with van der Waals surface area (Å²) >= 11 is 0. The van der Waals surface area contributed by atoms with Crippen molar-refractivity contribution >= 4 is 10.8 Å². The van der Waals surface area contributed by atoms with Crippen molar-refractivity contribution in [3.8, 4) is 5.75 Å². The fourth-order valence-corrected chi connectivity index (χ4v) is 3.54. The minimum absolute atomic E-state index is 0.313. The summed E-state index contributed by atoms with van der Waals surface area (Å²) in [7, 11) is 0. The standard InChI is InChI=1S/C19H26N2O/c1-2-3-8-17(21-13-11-20-12-14-21)19-16-7-5-4-6-15(16)9-10-18(19)22/h4-7,9-10,17,20,22H,2-3,8,11-14H2,1H3/t17-/m1/s1. The zero-order valence-electron chi connectivity index (χ0n) is 13.4. The Balaban J connectivity index is 2.04. The van der Waals surface area contributed by atoms with Gasteiger partial charge in [0.1, 0.15) is 5.75 Å². The quantitative estimate of drug-likeness (QED) is 0.884. The molecule has 118 valence electrons. The molecule has 1 atom stereocenters. The molecule has 0 amide bonds. The van der Waals surface area contributed by atoms with Gasteiger partial charge in [0.25, 0.3) is 0 Å². The normalized spacial score (nSPS) is 17.7. The Hall–Kier alpha value is -1.58. The topological polar surface area (TPSA) is 35.5 Å². The fraction of sp³-hybridized carbons (Fsp3) is 0.474. The van der Waals surface area contributed by atoms with Crippen LogP contribution in [0, 0.1) is 0 Å². The van der Waals surface area contributed by atoms with Crippen LogP contribution in [-0.4, -0.2) is 36.2 Å². The minimum atomic E-state index is 0.313. The maximum absolute atomic E-state index is 10.6. The molecular formula is C19H26N2O. The number of phenols is 1. The van der Waals surface area contributed by atoms with E-state index in [0.717, 1.165) is 38.2 Å². The van der Waals surface area contributed by atoms with Crippen molar-refractivity contribution in [2.24, 2.45) is 0 Å². The predicted octanol–water partition coefficient (Wildman–Crippen LogP) is 3.68. The van der Waals surface area contributed by atoms with Gasteiger partial charge in [-0.05, 0) is 23.3 Å². The first-order valence-electron chi connectivity index (χ1n) is 8.46. The molecule has 1 aliphatic rings. The van der Waals surface area contributed by atoms with Crippen molar-refractivity contribution in [2.75, 3.05) is 26.2 Å². The molecule has 0 aliphatic carbocycles. The smallest absolute Gasteiger partial charge is 0.121 e. The van der Waals surface area contributed by atoms with E-state index in [2.05, 4.69) is 41.4 Å². The number of aromatic hydroxyl groups is 1. The van der Waals surface area contributed by atoms with Gasteiger partial charge in [0.05, 0.1) is 0 Å². The highest BCUT2D eigenvalue weighted by atomic mass is 16.3. The van der Waals surface area contributed by atoms with Crippen molar-refractivity contribution in [3.63, 3.8) is 0 Å². The summed E-state index contributed by atoms with van der Waals surface area (Å²) in [6.07, 6.45) is 3.49. The molecule has 0 radical (unpaired) electrons. The third kappa shape index (κ3) is 3.11. The number of unbranched alkanes of at least 4 members (excludes halogenated alkanes) is 1.